The van der Waals surface area contributed by atoms with Crippen LogP contribution in [0.5, 0.6) is 0 Å². The summed E-state index contributed by atoms with van der Waals surface area (Å²) in [7, 11) is 0. The van der Waals surface area contributed by atoms with E-state index in [4.69, 9.17) is 4.74 Å². The van der Waals surface area contributed by atoms with Gasteiger partial charge in [0.25, 0.3) is 0 Å². The lowest BCUT2D eigenvalue weighted by atomic mass is 10.4. The molecule has 0 aliphatic carbocycles. The predicted octanol–water partition coefficient (Wildman–Crippen LogP) is 1.26. The van der Waals surface area contributed by atoms with Crippen molar-refractivity contribution in [1.29, 1.82) is 0 Å². The molecule has 1 N–H and O–H groups in total. The van der Waals surface area contributed by atoms with Crippen LogP contribution in [0.3, 0.4) is 0 Å². The van der Waals surface area contributed by atoms with Gasteiger partial charge in [0.05, 0.1) is 13.2 Å². The predicted molar refractivity (Wildman–Crippen MR) is 44.7 cm³/mol. The highest BCUT2D eigenvalue weighted by Gasteiger charge is 2.38. The Morgan fingerprint density at radius 1 is 1.43 bits per heavy atom. The Hall–Kier alpha value is -1.04. The highest BCUT2D eigenvalue weighted by atomic mass is 19.4. The molecule has 1 amide bonds. The molecule has 0 fully saturated rings. The van der Waals surface area contributed by atoms with Crippen LogP contribution in [0.1, 0.15) is 6.42 Å². The Bertz CT molecular complexity index is 192. The summed E-state index contributed by atoms with van der Waals surface area (Å²) >= 11 is 0. The Balaban J connectivity index is 3.37. The van der Waals surface area contributed by atoms with Crippen molar-refractivity contribution in [2.45, 2.75) is 12.6 Å². The number of carbonyl (C=O) groups excluding carboxylic acids is 1. The molecule has 0 saturated heterocycles. The number of carbonyl (C=O) groups is 1. The Labute approximate surface area is 79.9 Å². The molecular formula is C8H12F3NO2. The van der Waals surface area contributed by atoms with Gasteiger partial charge >= 0.3 is 12.1 Å². The molecule has 0 aliphatic rings. The van der Waals surface area contributed by atoms with Crippen molar-refractivity contribution >= 4 is 5.91 Å². The molecule has 0 aliphatic heterocycles. The molecule has 0 unspecified atom stereocenters. The minimum atomic E-state index is -4.82. The van der Waals surface area contributed by atoms with Gasteiger partial charge in [-0.3, -0.25) is 4.79 Å². The molecule has 0 bridgehead atoms. The van der Waals surface area contributed by atoms with E-state index in [-0.39, 0.29) is 13.2 Å². The summed E-state index contributed by atoms with van der Waals surface area (Å²) in [6.45, 7) is 3.76. The molecule has 0 heterocycles. The second-order valence-electron chi connectivity index (χ2n) is 2.44. The van der Waals surface area contributed by atoms with Crippen molar-refractivity contribution in [3.8, 4) is 0 Å². The van der Waals surface area contributed by atoms with E-state index in [9.17, 15) is 18.0 Å². The highest BCUT2D eigenvalue weighted by molar-refractivity contribution is 5.81. The first-order valence-electron chi connectivity index (χ1n) is 4.02. The van der Waals surface area contributed by atoms with Crippen molar-refractivity contribution in [3.05, 3.63) is 12.7 Å². The fourth-order valence-electron chi connectivity index (χ4n) is 0.606. The third-order valence-electron chi connectivity index (χ3n) is 1.26. The van der Waals surface area contributed by atoms with Gasteiger partial charge in [0.2, 0.25) is 0 Å². The SMILES string of the molecule is C=CCCOCCNC(=O)C(F)(F)F. The molecule has 6 heteroatoms. The van der Waals surface area contributed by atoms with E-state index in [1.54, 1.807) is 11.4 Å². The van der Waals surface area contributed by atoms with Crippen molar-refractivity contribution in [2.24, 2.45) is 0 Å². The average molecular weight is 211 g/mol. The van der Waals surface area contributed by atoms with Gasteiger partial charge in [-0.25, -0.2) is 0 Å². The van der Waals surface area contributed by atoms with Gasteiger partial charge in [-0.05, 0) is 6.42 Å². The standard InChI is InChI=1S/C8H12F3NO2/c1-2-3-5-14-6-4-12-7(13)8(9,10)11/h2H,1,3-6H2,(H,12,13). The van der Waals surface area contributed by atoms with Crippen LogP contribution in [0.15, 0.2) is 12.7 Å². The second kappa shape index (κ2) is 6.42. The van der Waals surface area contributed by atoms with E-state index in [1.165, 1.54) is 0 Å². The topological polar surface area (TPSA) is 38.3 Å². The minimum absolute atomic E-state index is 0.0651. The Morgan fingerprint density at radius 2 is 2.07 bits per heavy atom. The molecule has 82 valence electrons. The lowest BCUT2D eigenvalue weighted by molar-refractivity contribution is -0.173. The number of hydrogen-bond acceptors (Lipinski definition) is 2. The van der Waals surface area contributed by atoms with Crippen molar-refractivity contribution < 1.29 is 22.7 Å². The van der Waals surface area contributed by atoms with Crippen LogP contribution in [0.2, 0.25) is 0 Å². The fraction of sp³-hybridized carbons (Fsp3) is 0.625. The quantitative estimate of drug-likeness (QED) is 0.530. The molecule has 0 radical (unpaired) electrons. The van der Waals surface area contributed by atoms with Gasteiger partial charge in [0.15, 0.2) is 0 Å². The van der Waals surface area contributed by atoms with E-state index < -0.39 is 12.1 Å². The summed E-state index contributed by atoms with van der Waals surface area (Å²) in [6.07, 6.45) is -2.55. The molecule has 0 aromatic heterocycles. The molecule has 0 atom stereocenters. The number of hydrogen-bond donors (Lipinski definition) is 1. The smallest absolute Gasteiger partial charge is 0.379 e. The van der Waals surface area contributed by atoms with Crippen molar-refractivity contribution in [3.63, 3.8) is 0 Å². The Kier molecular flexibility index (Phi) is 5.94. The number of amides is 1. The van der Waals surface area contributed by atoms with Crippen LogP contribution >= 0.6 is 0 Å². The highest BCUT2D eigenvalue weighted by Crippen LogP contribution is 2.13. The van der Waals surface area contributed by atoms with Crippen molar-refractivity contribution in [2.75, 3.05) is 19.8 Å². The van der Waals surface area contributed by atoms with E-state index >= 15 is 0 Å². The zero-order valence-electron chi connectivity index (χ0n) is 7.56. The summed E-state index contributed by atoms with van der Waals surface area (Å²) in [6, 6.07) is 0. The van der Waals surface area contributed by atoms with E-state index in [2.05, 4.69) is 6.58 Å². The van der Waals surface area contributed by atoms with Crippen LogP contribution in [0.25, 0.3) is 0 Å². The van der Waals surface area contributed by atoms with Crippen LogP contribution in [0.4, 0.5) is 13.2 Å². The molecule has 0 rings (SSSR count). The van der Waals surface area contributed by atoms with E-state index in [1.807, 2.05) is 0 Å². The molecule has 0 spiro atoms. The number of rotatable bonds is 6. The summed E-state index contributed by atoms with van der Waals surface area (Å²) in [5.74, 6) is -1.94. The van der Waals surface area contributed by atoms with Gasteiger partial charge in [-0.1, -0.05) is 6.08 Å². The van der Waals surface area contributed by atoms with Crippen LogP contribution in [-0.2, 0) is 9.53 Å². The molecule has 0 aromatic carbocycles. The van der Waals surface area contributed by atoms with Gasteiger partial charge in [0.1, 0.15) is 0 Å². The first-order chi connectivity index (χ1) is 6.48. The molecule has 0 aromatic rings. The first kappa shape index (κ1) is 13.0. The number of halogens is 3. The van der Waals surface area contributed by atoms with Crippen LogP contribution in [0, 0.1) is 0 Å². The summed E-state index contributed by atoms with van der Waals surface area (Å²) in [4.78, 5) is 10.2. The second-order valence-corrected chi connectivity index (χ2v) is 2.44. The Morgan fingerprint density at radius 3 is 2.57 bits per heavy atom. The average Bonchev–Trinajstić information content (AvgIpc) is 2.09. The fourth-order valence-corrected chi connectivity index (χ4v) is 0.606. The van der Waals surface area contributed by atoms with Crippen LogP contribution in [-0.4, -0.2) is 31.8 Å². The normalized spacial score (nSPS) is 11.1. The third kappa shape index (κ3) is 6.47. The van der Waals surface area contributed by atoms with Gasteiger partial charge in [0, 0.05) is 6.54 Å². The van der Waals surface area contributed by atoms with Gasteiger partial charge in [-0.15, -0.1) is 6.58 Å². The first-order valence-corrected chi connectivity index (χ1v) is 4.02. The maximum absolute atomic E-state index is 11.6. The van der Waals surface area contributed by atoms with E-state index in [0.29, 0.717) is 13.0 Å². The van der Waals surface area contributed by atoms with E-state index in [0.717, 1.165) is 0 Å². The number of nitrogens with one attached hydrogen (secondary N) is 1. The zero-order chi connectivity index (χ0) is 11.0. The monoisotopic (exact) mass is 211 g/mol. The van der Waals surface area contributed by atoms with Crippen LogP contribution < -0.4 is 5.32 Å². The van der Waals surface area contributed by atoms with Gasteiger partial charge in [-0.2, -0.15) is 13.2 Å². The lowest BCUT2D eigenvalue weighted by Crippen LogP contribution is -2.38. The maximum Gasteiger partial charge on any atom is 0.471 e. The largest absolute Gasteiger partial charge is 0.471 e. The summed E-state index contributed by atoms with van der Waals surface area (Å²) in [5, 5.41) is 1.68. The zero-order valence-corrected chi connectivity index (χ0v) is 7.56. The van der Waals surface area contributed by atoms with Gasteiger partial charge < -0.3 is 10.1 Å². The summed E-state index contributed by atoms with van der Waals surface area (Å²) in [5.41, 5.74) is 0. The lowest BCUT2D eigenvalue weighted by Gasteiger charge is -2.07. The third-order valence-corrected chi connectivity index (χ3v) is 1.26. The minimum Gasteiger partial charge on any atom is -0.379 e. The summed E-state index contributed by atoms with van der Waals surface area (Å²) < 4.78 is 39.7. The maximum atomic E-state index is 11.6. The number of ether oxygens (including phenoxy) is 1. The molecule has 14 heavy (non-hydrogen) atoms. The van der Waals surface area contributed by atoms with Crippen molar-refractivity contribution in [1.82, 2.24) is 5.32 Å². The number of alkyl halides is 3. The molecular weight excluding hydrogens is 199 g/mol. The molecule has 0 saturated carbocycles. The molecule has 3 nitrogen and oxygen atoms in total.